The second kappa shape index (κ2) is 5.83. The second-order valence-electron chi connectivity index (χ2n) is 3.89. The molecule has 112 valence electrons. The van der Waals surface area contributed by atoms with Gasteiger partial charge in [-0.15, -0.1) is 0 Å². The number of nitrogens with zero attached hydrogens (tertiary/aromatic N) is 1. The van der Waals surface area contributed by atoms with Crippen LogP contribution in [-0.4, -0.2) is 31.3 Å². The van der Waals surface area contributed by atoms with Gasteiger partial charge in [-0.2, -0.15) is 0 Å². The Hall–Kier alpha value is -2.55. The van der Waals surface area contributed by atoms with Crippen molar-refractivity contribution in [2.45, 2.75) is 11.8 Å². The summed E-state index contributed by atoms with van der Waals surface area (Å²) < 4.78 is 36.1. The number of anilines is 1. The highest BCUT2D eigenvalue weighted by Gasteiger charge is 2.20. The van der Waals surface area contributed by atoms with Gasteiger partial charge in [0.05, 0.1) is 11.5 Å². The zero-order chi connectivity index (χ0) is 15.5. The number of aromatic carboxylic acids is 1. The van der Waals surface area contributed by atoms with E-state index in [1.165, 1.54) is 24.5 Å². The van der Waals surface area contributed by atoms with Crippen LogP contribution in [0.1, 0.15) is 17.3 Å². The number of carbonyl (C=O) groups is 1. The third kappa shape index (κ3) is 3.31. The lowest BCUT2D eigenvalue weighted by molar-refractivity contribution is 0.0692. The van der Waals surface area contributed by atoms with Crippen LogP contribution in [0.25, 0.3) is 0 Å². The summed E-state index contributed by atoms with van der Waals surface area (Å²) in [5, 5.41) is 12.5. The van der Waals surface area contributed by atoms with Gasteiger partial charge in [0.2, 0.25) is 0 Å². The number of aromatic nitrogens is 1. The van der Waals surface area contributed by atoms with Gasteiger partial charge in [0.25, 0.3) is 10.0 Å². The largest absolute Gasteiger partial charge is 0.493 e. The van der Waals surface area contributed by atoms with E-state index in [-0.39, 0.29) is 28.6 Å². The first-order valence-corrected chi connectivity index (χ1v) is 7.35. The Morgan fingerprint density at radius 1 is 1.43 bits per heavy atom. The zero-order valence-electron chi connectivity index (χ0n) is 10.9. The molecule has 2 rings (SSSR count). The molecule has 2 N–H and O–H groups in total. The Morgan fingerprint density at radius 2 is 2.19 bits per heavy atom. The second-order valence-corrected chi connectivity index (χ2v) is 5.57. The Balaban J connectivity index is 2.39. The molecule has 0 aliphatic rings. The molecule has 0 atom stereocenters. The van der Waals surface area contributed by atoms with Crippen LogP contribution in [0.4, 0.5) is 5.82 Å². The van der Waals surface area contributed by atoms with Crippen molar-refractivity contribution in [1.29, 1.82) is 0 Å². The first-order chi connectivity index (χ1) is 9.94. The number of sulfonamides is 1. The summed E-state index contributed by atoms with van der Waals surface area (Å²) in [7, 11) is -3.96. The van der Waals surface area contributed by atoms with Crippen molar-refractivity contribution in [3.8, 4) is 5.75 Å². The van der Waals surface area contributed by atoms with E-state index in [4.69, 9.17) is 9.84 Å². The lowest BCUT2D eigenvalue weighted by Gasteiger charge is -2.10. The van der Waals surface area contributed by atoms with E-state index in [0.717, 1.165) is 6.07 Å². The molecule has 2 aromatic rings. The fourth-order valence-corrected chi connectivity index (χ4v) is 2.61. The molecular formula is C12H12N2O6S. The highest BCUT2D eigenvalue weighted by Crippen LogP contribution is 2.24. The maximum atomic E-state index is 12.1. The van der Waals surface area contributed by atoms with Gasteiger partial charge in [-0.3, -0.25) is 4.72 Å². The van der Waals surface area contributed by atoms with Crippen molar-refractivity contribution in [2.75, 3.05) is 11.3 Å². The Kier molecular flexibility index (Phi) is 4.13. The van der Waals surface area contributed by atoms with Gasteiger partial charge in [-0.25, -0.2) is 13.2 Å². The highest BCUT2D eigenvalue weighted by atomic mass is 32.2. The van der Waals surface area contributed by atoms with E-state index in [2.05, 4.69) is 14.4 Å². The quantitative estimate of drug-likeness (QED) is 0.831. The molecule has 0 aliphatic carbocycles. The zero-order valence-corrected chi connectivity index (χ0v) is 11.8. The number of ether oxygens (including phenoxy) is 1. The minimum Gasteiger partial charge on any atom is -0.493 e. The summed E-state index contributed by atoms with van der Waals surface area (Å²) in [6.07, 6.45) is 1.21. The molecule has 0 saturated heterocycles. The summed E-state index contributed by atoms with van der Waals surface area (Å²) in [5.41, 5.74) is -0.236. The molecule has 0 amide bonds. The molecule has 0 unspecified atom stereocenters. The molecule has 1 aromatic heterocycles. The number of carboxylic acids is 1. The lowest BCUT2D eigenvalue weighted by atomic mass is 10.2. The SMILES string of the molecule is CCOc1ccc(S(=O)(=O)Nc2ccon2)cc1C(=O)O. The van der Waals surface area contributed by atoms with E-state index in [9.17, 15) is 13.2 Å². The van der Waals surface area contributed by atoms with Gasteiger partial charge in [-0.05, 0) is 25.1 Å². The van der Waals surface area contributed by atoms with E-state index in [1.54, 1.807) is 6.92 Å². The maximum Gasteiger partial charge on any atom is 0.339 e. The number of nitrogens with one attached hydrogen (secondary N) is 1. The van der Waals surface area contributed by atoms with Crippen LogP contribution in [0, 0.1) is 0 Å². The number of benzene rings is 1. The van der Waals surface area contributed by atoms with Crippen LogP contribution in [0.5, 0.6) is 5.75 Å². The minimum atomic E-state index is -3.96. The molecule has 1 heterocycles. The maximum absolute atomic E-state index is 12.1. The van der Waals surface area contributed by atoms with Crippen LogP contribution >= 0.6 is 0 Å². The monoisotopic (exact) mass is 312 g/mol. The predicted molar refractivity (Wildman–Crippen MR) is 71.9 cm³/mol. The third-order valence-electron chi connectivity index (χ3n) is 2.47. The molecule has 8 nitrogen and oxygen atoms in total. The van der Waals surface area contributed by atoms with Crippen molar-refractivity contribution in [1.82, 2.24) is 5.16 Å². The van der Waals surface area contributed by atoms with E-state index in [0.29, 0.717) is 0 Å². The predicted octanol–water partition coefficient (Wildman–Crippen LogP) is 1.57. The normalized spacial score (nSPS) is 11.1. The van der Waals surface area contributed by atoms with Crippen molar-refractivity contribution in [2.24, 2.45) is 0 Å². The molecule has 9 heteroatoms. The average molecular weight is 312 g/mol. The van der Waals surface area contributed by atoms with Gasteiger partial charge >= 0.3 is 5.97 Å². The lowest BCUT2D eigenvalue weighted by Crippen LogP contribution is -2.14. The van der Waals surface area contributed by atoms with Gasteiger partial charge in [0.1, 0.15) is 17.6 Å². The Bertz CT molecular complexity index is 739. The fourth-order valence-electron chi connectivity index (χ4n) is 1.59. The standard InChI is InChI=1S/C12H12N2O6S/c1-2-19-10-4-3-8(7-9(10)12(15)16)21(17,18)14-11-5-6-20-13-11/h3-7H,2H2,1H3,(H,13,14)(H,15,16). The fraction of sp³-hybridized carbons (Fsp3) is 0.167. The van der Waals surface area contributed by atoms with Crippen LogP contribution in [0.15, 0.2) is 39.9 Å². The molecule has 0 saturated carbocycles. The average Bonchev–Trinajstić information content (AvgIpc) is 2.91. The van der Waals surface area contributed by atoms with Crippen LogP contribution < -0.4 is 9.46 Å². The third-order valence-corrected chi connectivity index (χ3v) is 3.82. The number of hydrogen-bond donors (Lipinski definition) is 2. The topological polar surface area (TPSA) is 119 Å². The molecule has 0 aliphatic heterocycles. The Labute approximate surface area is 120 Å². The van der Waals surface area contributed by atoms with Crippen LogP contribution in [0.2, 0.25) is 0 Å². The molecule has 0 spiro atoms. The smallest absolute Gasteiger partial charge is 0.339 e. The first kappa shape index (κ1) is 14.9. The van der Waals surface area contributed by atoms with Crippen LogP contribution in [0.3, 0.4) is 0 Å². The summed E-state index contributed by atoms with van der Waals surface area (Å²) in [6, 6.07) is 4.89. The van der Waals surface area contributed by atoms with E-state index < -0.39 is 16.0 Å². The summed E-state index contributed by atoms with van der Waals surface area (Å²) in [4.78, 5) is 11.0. The van der Waals surface area contributed by atoms with Crippen molar-refractivity contribution < 1.29 is 27.6 Å². The summed E-state index contributed by atoms with van der Waals surface area (Å²) in [5.74, 6) is -1.18. The Morgan fingerprint density at radius 3 is 2.76 bits per heavy atom. The first-order valence-electron chi connectivity index (χ1n) is 5.87. The molecule has 0 fully saturated rings. The van der Waals surface area contributed by atoms with Crippen molar-refractivity contribution in [3.05, 3.63) is 36.1 Å². The van der Waals surface area contributed by atoms with E-state index >= 15 is 0 Å². The molecule has 1 aromatic carbocycles. The van der Waals surface area contributed by atoms with Gasteiger partial charge in [0.15, 0.2) is 5.82 Å². The molecule has 0 radical (unpaired) electrons. The minimum absolute atomic E-state index is 0.000703. The number of hydrogen-bond acceptors (Lipinski definition) is 6. The molecule has 0 bridgehead atoms. The van der Waals surface area contributed by atoms with Crippen LogP contribution in [-0.2, 0) is 10.0 Å². The van der Waals surface area contributed by atoms with Crippen molar-refractivity contribution in [3.63, 3.8) is 0 Å². The van der Waals surface area contributed by atoms with E-state index in [1.807, 2.05) is 0 Å². The summed E-state index contributed by atoms with van der Waals surface area (Å²) in [6.45, 7) is 1.96. The summed E-state index contributed by atoms with van der Waals surface area (Å²) >= 11 is 0. The number of rotatable bonds is 6. The molecule has 21 heavy (non-hydrogen) atoms. The number of carboxylic acid groups (broad SMARTS) is 1. The van der Waals surface area contributed by atoms with Gasteiger partial charge in [-0.1, -0.05) is 5.16 Å². The molecular weight excluding hydrogens is 300 g/mol. The highest BCUT2D eigenvalue weighted by molar-refractivity contribution is 7.92. The van der Waals surface area contributed by atoms with Gasteiger partial charge < -0.3 is 14.4 Å². The van der Waals surface area contributed by atoms with Crippen molar-refractivity contribution >= 4 is 21.8 Å². The van der Waals surface area contributed by atoms with Gasteiger partial charge in [0, 0.05) is 6.07 Å².